The van der Waals surface area contributed by atoms with E-state index in [0.29, 0.717) is 6.04 Å². The molecule has 0 radical (unpaired) electrons. The maximum Gasteiger partial charge on any atom is 0.251 e. The lowest BCUT2D eigenvalue weighted by Crippen LogP contribution is -2.37. The van der Waals surface area contributed by atoms with E-state index in [1.165, 1.54) is 12.0 Å². The van der Waals surface area contributed by atoms with Crippen LogP contribution in [0.1, 0.15) is 34.3 Å². The van der Waals surface area contributed by atoms with E-state index >= 15 is 0 Å². The van der Waals surface area contributed by atoms with Crippen LogP contribution in [0.3, 0.4) is 0 Å². The van der Waals surface area contributed by atoms with Crippen LogP contribution in [0.2, 0.25) is 0 Å². The van der Waals surface area contributed by atoms with Crippen LogP contribution in [0.4, 0.5) is 0 Å². The summed E-state index contributed by atoms with van der Waals surface area (Å²) in [4.78, 5) is 12.0. The molecular weight excluding hydrogens is 212 g/mol. The van der Waals surface area contributed by atoms with Gasteiger partial charge in [0.2, 0.25) is 0 Å². The second-order valence-electron chi connectivity index (χ2n) is 4.82. The summed E-state index contributed by atoms with van der Waals surface area (Å²) in [5.41, 5.74) is 3.02. The molecular formula is C14H20N2O. The van der Waals surface area contributed by atoms with Crippen LogP contribution >= 0.6 is 0 Å². The third kappa shape index (κ3) is 3.07. The summed E-state index contributed by atoms with van der Waals surface area (Å²) in [5, 5.41) is 6.37. The van der Waals surface area contributed by atoms with Crippen molar-refractivity contribution in [2.75, 3.05) is 13.1 Å². The van der Waals surface area contributed by atoms with Gasteiger partial charge in [-0.05, 0) is 44.9 Å². The van der Waals surface area contributed by atoms with Crippen LogP contribution in [-0.2, 0) is 0 Å². The van der Waals surface area contributed by atoms with Crippen molar-refractivity contribution in [2.24, 2.45) is 0 Å². The minimum Gasteiger partial charge on any atom is -0.350 e. The van der Waals surface area contributed by atoms with Crippen LogP contribution in [0.25, 0.3) is 0 Å². The summed E-state index contributed by atoms with van der Waals surface area (Å²) in [6.07, 6.45) is 2.37. The van der Waals surface area contributed by atoms with Crippen molar-refractivity contribution in [3.05, 3.63) is 34.9 Å². The van der Waals surface area contributed by atoms with E-state index in [9.17, 15) is 4.79 Å². The highest BCUT2D eigenvalue weighted by Crippen LogP contribution is 2.10. The second kappa shape index (κ2) is 5.32. The Morgan fingerprint density at radius 1 is 1.47 bits per heavy atom. The number of hydrogen-bond acceptors (Lipinski definition) is 2. The number of hydrogen-bond donors (Lipinski definition) is 2. The van der Waals surface area contributed by atoms with Gasteiger partial charge in [-0.15, -0.1) is 0 Å². The predicted octanol–water partition coefficient (Wildman–Crippen LogP) is 1.79. The van der Waals surface area contributed by atoms with Gasteiger partial charge >= 0.3 is 0 Å². The normalized spacial score (nSPS) is 19.3. The molecule has 1 unspecified atom stereocenters. The molecule has 1 aliphatic rings. The van der Waals surface area contributed by atoms with Crippen molar-refractivity contribution in [3.8, 4) is 0 Å². The Kier molecular flexibility index (Phi) is 3.79. The summed E-state index contributed by atoms with van der Waals surface area (Å²) < 4.78 is 0. The molecule has 1 atom stereocenters. The molecule has 0 bridgehead atoms. The Balaban J connectivity index is 1.94. The Morgan fingerprint density at radius 2 is 2.29 bits per heavy atom. The quantitative estimate of drug-likeness (QED) is 0.834. The molecule has 0 spiro atoms. The van der Waals surface area contributed by atoms with Crippen molar-refractivity contribution in [2.45, 2.75) is 32.7 Å². The zero-order chi connectivity index (χ0) is 12.3. The molecule has 3 heteroatoms. The monoisotopic (exact) mass is 232 g/mol. The SMILES string of the molecule is Cc1ccc(C(=O)NCC2CCCN2)c(C)c1. The molecule has 2 rings (SSSR count). The number of nitrogens with one attached hydrogen (secondary N) is 2. The molecule has 17 heavy (non-hydrogen) atoms. The van der Waals surface area contributed by atoms with Crippen molar-refractivity contribution in [1.29, 1.82) is 0 Å². The Bertz CT molecular complexity index is 409. The standard InChI is InChI=1S/C14H20N2O/c1-10-5-6-13(11(2)8-10)14(17)16-9-12-4-3-7-15-12/h5-6,8,12,15H,3-4,7,9H2,1-2H3,(H,16,17). The summed E-state index contributed by atoms with van der Waals surface area (Å²) >= 11 is 0. The zero-order valence-corrected chi connectivity index (χ0v) is 10.5. The number of benzene rings is 1. The van der Waals surface area contributed by atoms with Gasteiger partial charge in [-0.25, -0.2) is 0 Å². The van der Waals surface area contributed by atoms with Crippen LogP contribution in [0.15, 0.2) is 18.2 Å². The molecule has 1 aliphatic heterocycles. The van der Waals surface area contributed by atoms with Crippen molar-refractivity contribution >= 4 is 5.91 Å². The number of aryl methyl sites for hydroxylation is 2. The van der Waals surface area contributed by atoms with Gasteiger partial charge in [0.15, 0.2) is 0 Å². The minimum atomic E-state index is 0.0381. The predicted molar refractivity (Wildman–Crippen MR) is 69.3 cm³/mol. The van der Waals surface area contributed by atoms with Gasteiger partial charge in [-0.3, -0.25) is 4.79 Å². The van der Waals surface area contributed by atoms with Crippen LogP contribution in [0, 0.1) is 13.8 Å². The van der Waals surface area contributed by atoms with Gasteiger partial charge in [-0.1, -0.05) is 17.7 Å². The highest BCUT2D eigenvalue weighted by Gasteiger charge is 2.15. The van der Waals surface area contributed by atoms with Gasteiger partial charge in [0, 0.05) is 18.2 Å². The first kappa shape index (κ1) is 12.1. The second-order valence-corrected chi connectivity index (χ2v) is 4.82. The lowest BCUT2D eigenvalue weighted by molar-refractivity contribution is 0.0949. The molecule has 1 amide bonds. The lowest BCUT2D eigenvalue weighted by Gasteiger charge is -2.12. The Labute approximate surface area is 103 Å². The molecule has 1 aromatic carbocycles. The van der Waals surface area contributed by atoms with E-state index in [1.807, 2.05) is 32.0 Å². The molecule has 3 nitrogen and oxygen atoms in total. The number of rotatable bonds is 3. The highest BCUT2D eigenvalue weighted by atomic mass is 16.1. The smallest absolute Gasteiger partial charge is 0.251 e. The van der Waals surface area contributed by atoms with E-state index in [-0.39, 0.29) is 5.91 Å². The molecule has 0 saturated carbocycles. The van der Waals surface area contributed by atoms with Gasteiger partial charge in [0.1, 0.15) is 0 Å². The third-order valence-corrected chi connectivity index (χ3v) is 3.30. The third-order valence-electron chi connectivity index (χ3n) is 3.30. The maximum absolute atomic E-state index is 12.0. The minimum absolute atomic E-state index is 0.0381. The molecule has 1 heterocycles. The van der Waals surface area contributed by atoms with Gasteiger partial charge < -0.3 is 10.6 Å². The first-order valence-corrected chi connectivity index (χ1v) is 6.25. The number of carbonyl (C=O) groups is 1. The average Bonchev–Trinajstić information content (AvgIpc) is 2.78. The summed E-state index contributed by atoms with van der Waals surface area (Å²) in [6, 6.07) is 6.38. The highest BCUT2D eigenvalue weighted by molar-refractivity contribution is 5.95. The fourth-order valence-electron chi connectivity index (χ4n) is 2.31. The zero-order valence-electron chi connectivity index (χ0n) is 10.5. The fraction of sp³-hybridized carbons (Fsp3) is 0.500. The molecule has 1 aromatic rings. The van der Waals surface area contributed by atoms with Crippen LogP contribution in [0.5, 0.6) is 0 Å². The first-order valence-electron chi connectivity index (χ1n) is 6.25. The summed E-state index contributed by atoms with van der Waals surface area (Å²) in [5.74, 6) is 0.0381. The van der Waals surface area contributed by atoms with E-state index < -0.39 is 0 Å². The Hall–Kier alpha value is -1.35. The van der Waals surface area contributed by atoms with Gasteiger partial charge in [0.05, 0.1) is 0 Å². The fourth-order valence-corrected chi connectivity index (χ4v) is 2.31. The molecule has 2 N–H and O–H groups in total. The molecule has 0 aliphatic carbocycles. The first-order chi connectivity index (χ1) is 8.16. The van der Waals surface area contributed by atoms with Crippen LogP contribution in [-0.4, -0.2) is 25.0 Å². The summed E-state index contributed by atoms with van der Waals surface area (Å²) in [7, 11) is 0. The molecule has 1 saturated heterocycles. The Morgan fingerprint density at radius 3 is 2.94 bits per heavy atom. The van der Waals surface area contributed by atoms with Crippen molar-refractivity contribution < 1.29 is 4.79 Å². The lowest BCUT2D eigenvalue weighted by atomic mass is 10.1. The average molecular weight is 232 g/mol. The van der Waals surface area contributed by atoms with E-state index in [1.54, 1.807) is 0 Å². The topological polar surface area (TPSA) is 41.1 Å². The molecule has 1 fully saturated rings. The van der Waals surface area contributed by atoms with Crippen molar-refractivity contribution in [1.82, 2.24) is 10.6 Å². The maximum atomic E-state index is 12.0. The summed E-state index contributed by atoms with van der Waals surface area (Å²) in [6.45, 7) is 5.82. The van der Waals surface area contributed by atoms with Crippen molar-refractivity contribution in [3.63, 3.8) is 0 Å². The largest absolute Gasteiger partial charge is 0.350 e. The van der Waals surface area contributed by atoms with E-state index in [0.717, 1.165) is 30.6 Å². The number of amides is 1. The van der Waals surface area contributed by atoms with E-state index in [2.05, 4.69) is 10.6 Å². The van der Waals surface area contributed by atoms with Gasteiger partial charge in [-0.2, -0.15) is 0 Å². The van der Waals surface area contributed by atoms with E-state index in [4.69, 9.17) is 0 Å². The number of carbonyl (C=O) groups excluding carboxylic acids is 1. The van der Waals surface area contributed by atoms with Crippen LogP contribution < -0.4 is 10.6 Å². The molecule has 0 aromatic heterocycles. The molecule has 92 valence electrons. The van der Waals surface area contributed by atoms with Gasteiger partial charge in [0.25, 0.3) is 5.91 Å².